The van der Waals surface area contributed by atoms with Crippen molar-refractivity contribution < 1.29 is 4.70 Å². The van der Waals surface area contributed by atoms with Gasteiger partial charge in [-0.15, -0.1) is 0 Å². The fourth-order valence-corrected chi connectivity index (χ4v) is 1.78. The minimum atomic E-state index is 0.691. The van der Waals surface area contributed by atoms with Crippen LogP contribution >= 0.6 is 0 Å². The predicted octanol–water partition coefficient (Wildman–Crippen LogP) is 1.56. The van der Waals surface area contributed by atoms with Crippen molar-refractivity contribution in [2.75, 3.05) is 19.6 Å². The van der Waals surface area contributed by atoms with E-state index in [2.05, 4.69) is 0 Å². The fourth-order valence-electron chi connectivity index (χ4n) is 1.78. The van der Waals surface area contributed by atoms with Crippen molar-refractivity contribution in [2.24, 2.45) is 11.7 Å². The number of rotatable bonds is 1. The lowest BCUT2D eigenvalue weighted by Crippen LogP contribution is -2.14. The zero-order valence-corrected chi connectivity index (χ0v) is 7.71. The van der Waals surface area contributed by atoms with Crippen LogP contribution < -0.4 is 5.73 Å². The van der Waals surface area contributed by atoms with Crippen LogP contribution in [0.4, 0.5) is 0 Å². The van der Waals surface area contributed by atoms with Gasteiger partial charge in [-0.2, -0.15) is 0 Å². The Balaban J connectivity index is 2.31. The smallest absolute Gasteiger partial charge is 0.130 e. The van der Waals surface area contributed by atoms with Crippen molar-refractivity contribution in [3.05, 3.63) is 5.53 Å². The molecule has 0 saturated carbocycles. The summed E-state index contributed by atoms with van der Waals surface area (Å²) in [6.45, 7) is 2.46. The Labute approximate surface area is 74.4 Å². The molecular weight excluding hydrogens is 150 g/mol. The molecule has 0 bridgehead atoms. The van der Waals surface area contributed by atoms with Gasteiger partial charge in [-0.1, -0.05) is 0 Å². The molecule has 1 saturated heterocycles. The molecule has 0 aromatic carbocycles. The fraction of sp³-hybridized carbons (Fsp3) is 1.00. The maximum Gasteiger partial charge on any atom is 0.130 e. The highest BCUT2D eigenvalue weighted by molar-refractivity contribution is 4.61. The van der Waals surface area contributed by atoms with E-state index >= 15 is 0 Å². The third-order valence-corrected chi connectivity index (χ3v) is 2.64. The van der Waals surface area contributed by atoms with Gasteiger partial charge in [0.1, 0.15) is 13.1 Å². The minimum Gasteiger partial charge on any atom is -0.507 e. The summed E-state index contributed by atoms with van der Waals surface area (Å²) in [4.78, 5) is 0. The van der Waals surface area contributed by atoms with Gasteiger partial charge in [0.2, 0.25) is 0 Å². The number of hydrogen-bond acceptors (Lipinski definition) is 1. The zero-order chi connectivity index (χ0) is 8.81. The van der Waals surface area contributed by atoms with E-state index in [0.29, 0.717) is 5.92 Å². The lowest BCUT2D eigenvalue weighted by atomic mass is 9.97. The van der Waals surface area contributed by atoms with Gasteiger partial charge < -0.3 is 16.0 Å². The average Bonchev–Trinajstić information content (AvgIpc) is 2.17. The van der Waals surface area contributed by atoms with Crippen molar-refractivity contribution >= 4 is 0 Å². The van der Waals surface area contributed by atoms with E-state index in [0.717, 1.165) is 32.5 Å². The first-order valence-electron chi connectivity index (χ1n) is 4.97. The van der Waals surface area contributed by atoms with Crippen molar-refractivity contribution in [3.63, 3.8) is 0 Å². The Morgan fingerprint density at radius 2 is 1.83 bits per heavy atom. The van der Waals surface area contributed by atoms with Crippen LogP contribution in [0.2, 0.25) is 0 Å². The van der Waals surface area contributed by atoms with Gasteiger partial charge in [0.15, 0.2) is 0 Å². The molecule has 0 aromatic heterocycles. The molecule has 12 heavy (non-hydrogen) atoms. The Hall–Kier alpha value is -0.440. The third-order valence-electron chi connectivity index (χ3n) is 2.64. The monoisotopic (exact) mass is 169 g/mol. The highest BCUT2D eigenvalue weighted by Crippen LogP contribution is 2.15. The van der Waals surface area contributed by atoms with Crippen LogP contribution in [0.5, 0.6) is 0 Å². The molecule has 3 heteroatoms. The third kappa shape index (κ3) is 3.30. The molecule has 1 aliphatic rings. The van der Waals surface area contributed by atoms with Crippen molar-refractivity contribution in [1.29, 1.82) is 0 Å². The second-order valence-electron chi connectivity index (χ2n) is 3.69. The van der Waals surface area contributed by atoms with Crippen LogP contribution in [-0.2, 0) is 0 Å². The van der Waals surface area contributed by atoms with Gasteiger partial charge in [-0.05, 0) is 31.7 Å². The summed E-state index contributed by atoms with van der Waals surface area (Å²) in [6.07, 6.45) is 5.81. The summed E-state index contributed by atoms with van der Waals surface area (Å²) in [5, 5.41) is 0. The summed E-state index contributed by atoms with van der Waals surface area (Å²) >= 11 is 0. The largest absolute Gasteiger partial charge is 0.507 e. The molecule has 3 nitrogen and oxygen atoms in total. The van der Waals surface area contributed by atoms with Crippen LogP contribution in [-0.4, -0.2) is 24.3 Å². The maximum absolute atomic E-state index is 9.30. The lowest BCUT2D eigenvalue weighted by Gasteiger charge is -2.10. The Morgan fingerprint density at radius 1 is 1.17 bits per heavy atom. The van der Waals surface area contributed by atoms with E-state index in [-0.39, 0.29) is 0 Å². The van der Waals surface area contributed by atoms with Gasteiger partial charge in [0, 0.05) is 12.8 Å². The molecule has 0 aromatic rings. The quantitative estimate of drug-likeness (QED) is 0.595. The molecule has 0 spiro atoms. The van der Waals surface area contributed by atoms with Crippen LogP contribution in [0.1, 0.15) is 32.1 Å². The molecule has 70 valence electrons. The number of nitrogens with zero attached hydrogens (tertiary/aromatic N) is 2. The molecule has 1 atom stereocenters. The second kappa shape index (κ2) is 5.25. The SMILES string of the molecule is [N-]=[N+]1CCCCC(CN)CCC1. The van der Waals surface area contributed by atoms with Gasteiger partial charge in [-0.25, -0.2) is 0 Å². The highest BCUT2D eigenvalue weighted by Gasteiger charge is 2.10. The Bertz CT molecular complexity index is 145. The van der Waals surface area contributed by atoms with Gasteiger partial charge in [0.25, 0.3) is 0 Å². The zero-order valence-electron chi connectivity index (χ0n) is 7.71. The summed E-state index contributed by atoms with van der Waals surface area (Å²) in [5.41, 5.74) is 14.9. The van der Waals surface area contributed by atoms with Crippen LogP contribution in [0, 0.1) is 5.92 Å². The first kappa shape index (κ1) is 9.65. The van der Waals surface area contributed by atoms with Crippen molar-refractivity contribution in [3.8, 4) is 0 Å². The van der Waals surface area contributed by atoms with Gasteiger partial charge >= 0.3 is 0 Å². The standard InChI is InChI=1S/C9H19N3/c10-8-9-4-1-2-6-12(11)7-3-5-9/h9H,1-8,10H2. The Kier molecular flexibility index (Phi) is 4.22. The van der Waals surface area contributed by atoms with Crippen LogP contribution in [0.25, 0.3) is 5.53 Å². The first-order chi connectivity index (χ1) is 5.83. The molecule has 0 radical (unpaired) electrons. The average molecular weight is 169 g/mol. The number of nitrogens with two attached hydrogens (primary N) is 1. The molecule has 1 aliphatic heterocycles. The summed E-state index contributed by atoms with van der Waals surface area (Å²) in [5.74, 6) is 0.691. The van der Waals surface area contributed by atoms with Crippen molar-refractivity contribution in [2.45, 2.75) is 32.1 Å². The molecule has 2 N–H and O–H groups in total. The van der Waals surface area contributed by atoms with E-state index in [1.54, 1.807) is 0 Å². The minimum absolute atomic E-state index is 0.691. The molecule has 1 heterocycles. The summed E-state index contributed by atoms with van der Waals surface area (Å²) < 4.78 is 1.44. The Morgan fingerprint density at radius 3 is 2.58 bits per heavy atom. The predicted molar refractivity (Wildman–Crippen MR) is 49.0 cm³/mol. The summed E-state index contributed by atoms with van der Waals surface area (Å²) in [7, 11) is 0. The molecule has 0 amide bonds. The van der Waals surface area contributed by atoms with E-state index in [1.807, 2.05) is 0 Å². The van der Waals surface area contributed by atoms with Crippen molar-refractivity contribution in [1.82, 2.24) is 0 Å². The lowest BCUT2D eigenvalue weighted by molar-refractivity contribution is -0.549. The van der Waals surface area contributed by atoms with E-state index in [1.165, 1.54) is 24.0 Å². The summed E-state index contributed by atoms with van der Waals surface area (Å²) in [6, 6.07) is 0. The van der Waals surface area contributed by atoms with Gasteiger partial charge in [-0.3, -0.25) is 0 Å². The number of hydrogen-bond donors (Lipinski definition) is 1. The first-order valence-corrected chi connectivity index (χ1v) is 4.97. The molecule has 1 unspecified atom stereocenters. The molecule has 1 fully saturated rings. The maximum atomic E-state index is 9.30. The normalized spacial score (nSPS) is 27.4. The second-order valence-corrected chi connectivity index (χ2v) is 3.69. The van der Waals surface area contributed by atoms with Crippen LogP contribution in [0.3, 0.4) is 0 Å². The van der Waals surface area contributed by atoms with E-state index < -0.39 is 0 Å². The highest BCUT2D eigenvalue weighted by atomic mass is 15.2. The molecule has 1 rings (SSSR count). The van der Waals surface area contributed by atoms with E-state index in [4.69, 9.17) is 5.73 Å². The van der Waals surface area contributed by atoms with Gasteiger partial charge in [0.05, 0.1) is 0 Å². The topological polar surface area (TPSA) is 51.3 Å². The molecular formula is C9H19N3. The van der Waals surface area contributed by atoms with Crippen LogP contribution in [0.15, 0.2) is 0 Å². The van der Waals surface area contributed by atoms with E-state index in [9.17, 15) is 5.53 Å². The molecule has 0 aliphatic carbocycles.